The summed E-state index contributed by atoms with van der Waals surface area (Å²) in [6, 6.07) is 5.51. The van der Waals surface area contributed by atoms with E-state index in [1.54, 1.807) is 0 Å². The number of hydrogen-bond acceptors (Lipinski definition) is 4. The summed E-state index contributed by atoms with van der Waals surface area (Å²) in [5, 5.41) is 1.22. The molecule has 1 amide bonds. The van der Waals surface area contributed by atoms with Gasteiger partial charge in [0.1, 0.15) is 0 Å². The van der Waals surface area contributed by atoms with E-state index >= 15 is 0 Å². The molecule has 1 saturated heterocycles. The third-order valence-corrected chi connectivity index (χ3v) is 4.59. The van der Waals surface area contributed by atoms with Gasteiger partial charge in [0, 0.05) is 18.1 Å². The molecular weight excluding hydrogens is 310 g/mol. The third kappa shape index (κ3) is 3.33. The summed E-state index contributed by atoms with van der Waals surface area (Å²) >= 11 is 7.39. The molecule has 0 radical (unpaired) electrons. The first-order chi connectivity index (χ1) is 10.1. The van der Waals surface area contributed by atoms with E-state index in [0.29, 0.717) is 31.3 Å². The number of morpholine rings is 1. The fourth-order valence-corrected chi connectivity index (χ4v) is 3.35. The number of imidazole rings is 1. The van der Waals surface area contributed by atoms with Gasteiger partial charge in [-0.1, -0.05) is 23.4 Å². The summed E-state index contributed by atoms with van der Waals surface area (Å²) in [7, 11) is 0. The van der Waals surface area contributed by atoms with Crippen LogP contribution in [0.1, 0.15) is 6.92 Å². The lowest BCUT2D eigenvalue weighted by atomic mass is 10.3. The second-order valence-corrected chi connectivity index (χ2v) is 6.67. The van der Waals surface area contributed by atoms with Crippen LogP contribution >= 0.6 is 23.4 Å². The van der Waals surface area contributed by atoms with Gasteiger partial charge in [-0.3, -0.25) is 4.79 Å². The number of fused-ring (bicyclic) bond motifs is 1. The Hall–Kier alpha value is -1.24. The number of halogens is 1. The molecule has 0 saturated carbocycles. The van der Waals surface area contributed by atoms with E-state index < -0.39 is 0 Å². The van der Waals surface area contributed by atoms with E-state index in [4.69, 9.17) is 16.3 Å². The zero-order valence-corrected chi connectivity index (χ0v) is 13.2. The number of carbonyl (C=O) groups is 1. The van der Waals surface area contributed by atoms with Crippen molar-refractivity contribution in [1.29, 1.82) is 0 Å². The fourth-order valence-electron chi connectivity index (χ4n) is 2.27. The van der Waals surface area contributed by atoms with Crippen LogP contribution in [0, 0.1) is 0 Å². The standard InChI is InChI=1S/C14H16ClN3O2S/c1-9(13(19)18-4-6-20-7-5-18)21-14-16-11-3-2-10(15)8-12(11)17-14/h2-3,8-9H,4-7H2,1H3,(H,16,17). The lowest BCUT2D eigenvalue weighted by Crippen LogP contribution is -2.44. The number of carbonyl (C=O) groups excluding carboxylic acids is 1. The Morgan fingerprint density at radius 1 is 1.48 bits per heavy atom. The molecule has 7 heteroatoms. The van der Waals surface area contributed by atoms with Gasteiger partial charge in [0.15, 0.2) is 5.16 Å². The molecule has 0 bridgehead atoms. The second-order valence-electron chi connectivity index (χ2n) is 4.90. The molecule has 3 rings (SSSR count). The maximum atomic E-state index is 12.4. The number of aromatic amines is 1. The number of H-pyrrole nitrogens is 1. The van der Waals surface area contributed by atoms with Gasteiger partial charge in [0.2, 0.25) is 5.91 Å². The molecule has 5 nitrogen and oxygen atoms in total. The van der Waals surface area contributed by atoms with Crippen molar-refractivity contribution in [1.82, 2.24) is 14.9 Å². The number of rotatable bonds is 3. The van der Waals surface area contributed by atoms with Crippen molar-refractivity contribution in [2.24, 2.45) is 0 Å². The summed E-state index contributed by atoms with van der Waals surface area (Å²) in [6.07, 6.45) is 0. The lowest BCUT2D eigenvalue weighted by molar-refractivity contribution is -0.134. The number of aromatic nitrogens is 2. The van der Waals surface area contributed by atoms with E-state index in [2.05, 4.69) is 9.97 Å². The predicted octanol–water partition coefficient (Wildman–Crippen LogP) is 2.56. The number of hydrogen-bond donors (Lipinski definition) is 1. The molecule has 21 heavy (non-hydrogen) atoms. The lowest BCUT2D eigenvalue weighted by Gasteiger charge is -2.28. The zero-order chi connectivity index (χ0) is 14.8. The molecule has 2 heterocycles. The highest BCUT2D eigenvalue weighted by Crippen LogP contribution is 2.26. The molecule has 1 fully saturated rings. The van der Waals surface area contributed by atoms with Crippen LogP contribution in [0.2, 0.25) is 5.02 Å². The third-order valence-electron chi connectivity index (χ3n) is 3.38. The summed E-state index contributed by atoms with van der Waals surface area (Å²) in [4.78, 5) is 21.9. The first-order valence-corrected chi connectivity index (χ1v) is 8.08. The van der Waals surface area contributed by atoms with Gasteiger partial charge in [-0.15, -0.1) is 0 Å². The van der Waals surface area contributed by atoms with Crippen molar-refractivity contribution in [3.05, 3.63) is 23.2 Å². The molecule has 1 aromatic heterocycles. The van der Waals surface area contributed by atoms with E-state index in [1.165, 1.54) is 11.8 Å². The molecule has 1 aliphatic rings. The Labute approximate surface area is 132 Å². The summed E-state index contributed by atoms with van der Waals surface area (Å²) in [6.45, 7) is 4.47. The van der Waals surface area contributed by atoms with Gasteiger partial charge in [0.05, 0.1) is 29.5 Å². The highest BCUT2D eigenvalue weighted by Gasteiger charge is 2.24. The normalized spacial score (nSPS) is 17.1. The van der Waals surface area contributed by atoms with Crippen molar-refractivity contribution in [3.63, 3.8) is 0 Å². The van der Waals surface area contributed by atoms with Gasteiger partial charge >= 0.3 is 0 Å². The molecule has 1 N–H and O–H groups in total. The van der Waals surface area contributed by atoms with Crippen LogP contribution in [-0.2, 0) is 9.53 Å². The SMILES string of the molecule is CC(Sc1nc2ccc(Cl)cc2[nH]1)C(=O)N1CCOCC1. The molecule has 1 unspecified atom stereocenters. The Kier molecular flexibility index (Phi) is 4.37. The molecule has 2 aromatic rings. The number of benzene rings is 1. The van der Waals surface area contributed by atoms with Gasteiger partial charge in [-0.2, -0.15) is 0 Å². The monoisotopic (exact) mass is 325 g/mol. The van der Waals surface area contributed by atoms with Crippen molar-refractivity contribution in [2.45, 2.75) is 17.3 Å². The van der Waals surface area contributed by atoms with Gasteiger partial charge < -0.3 is 14.6 Å². The molecular formula is C14H16ClN3O2S. The van der Waals surface area contributed by atoms with Crippen LogP contribution in [0.5, 0.6) is 0 Å². The maximum absolute atomic E-state index is 12.4. The second kappa shape index (κ2) is 6.25. The quantitative estimate of drug-likeness (QED) is 0.881. The fraction of sp³-hybridized carbons (Fsp3) is 0.429. The minimum Gasteiger partial charge on any atom is -0.378 e. The Morgan fingerprint density at radius 2 is 2.24 bits per heavy atom. The Morgan fingerprint density at radius 3 is 3.00 bits per heavy atom. The first-order valence-electron chi connectivity index (χ1n) is 6.82. The van der Waals surface area contributed by atoms with Gasteiger partial charge in [0.25, 0.3) is 0 Å². The summed E-state index contributed by atoms with van der Waals surface area (Å²) in [5.74, 6) is 0.127. The maximum Gasteiger partial charge on any atom is 0.236 e. The first kappa shape index (κ1) is 14.7. The van der Waals surface area contributed by atoms with Crippen LogP contribution in [-0.4, -0.2) is 52.3 Å². The van der Waals surface area contributed by atoms with Crippen LogP contribution < -0.4 is 0 Å². The Balaban J connectivity index is 1.70. The molecule has 0 spiro atoms. The van der Waals surface area contributed by atoms with Crippen molar-refractivity contribution in [3.8, 4) is 0 Å². The molecule has 112 valence electrons. The number of nitrogens with one attached hydrogen (secondary N) is 1. The number of amides is 1. The zero-order valence-electron chi connectivity index (χ0n) is 11.6. The minimum absolute atomic E-state index is 0.127. The highest BCUT2D eigenvalue weighted by atomic mass is 35.5. The summed E-state index contributed by atoms with van der Waals surface area (Å²) < 4.78 is 5.27. The van der Waals surface area contributed by atoms with Crippen LogP contribution in [0.4, 0.5) is 0 Å². The molecule has 0 aliphatic carbocycles. The van der Waals surface area contributed by atoms with Crippen LogP contribution in [0.25, 0.3) is 11.0 Å². The number of ether oxygens (including phenoxy) is 1. The highest BCUT2D eigenvalue weighted by molar-refractivity contribution is 8.00. The van der Waals surface area contributed by atoms with E-state index in [1.807, 2.05) is 30.0 Å². The van der Waals surface area contributed by atoms with Crippen molar-refractivity contribution in [2.75, 3.05) is 26.3 Å². The molecule has 1 aliphatic heterocycles. The van der Waals surface area contributed by atoms with Crippen LogP contribution in [0.3, 0.4) is 0 Å². The smallest absolute Gasteiger partial charge is 0.236 e. The van der Waals surface area contributed by atoms with E-state index in [9.17, 15) is 4.79 Å². The van der Waals surface area contributed by atoms with E-state index in [0.717, 1.165) is 16.2 Å². The number of nitrogens with zero attached hydrogens (tertiary/aromatic N) is 2. The minimum atomic E-state index is -0.181. The number of thioether (sulfide) groups is 1. The van der Waals surface area contributed by atoms with Gasteiger partial charge in [-0.05, 0) is 25.1 Å². The van der Waals surface area contributed by atoms with Crippen molar-refractivity contribution < 1.29 is 9.53 Å². The van der Waals surface area contributed by atoms with Gasteiger partial charge in [-0.25, -0.2) is 4.98 Å². The van der Waals surface area contributed by atoms with E-state index in [-0.39, 0.29) is 11.2 Å². The molecule has 1 aromatic carbocycles. The van der Waals surface area contributed by atoms with Crippen molar-refractivity contribution >= 4 is 40.3 Å². The molecule has 1 atom stereocenters. The summed E-state index contributed by atoms with van der Waals surface area (Å²) in [5.41, 5.74) is 1.74. The predicted molar refractivity (Wildman–Crippen MR) is 83.8 cm³/mol. The topological polar surface area (TPSA) is 58.2 Å². The van der Waals surface area contributed by atoms with Crippen LogP contribution in [0.15, 0.2) is 23.4 Å². The largest absolute Gasteiger partial charge is 0.378 e. The Bertz CT molecular complexity index is 655. The average molecular weight is 326 g/mol. The average Bonchev–Trinajstić information content (AvgIpc) is 2.88.